The van der Waals surface area contributed by atoms with E-state index in [0.717, 1.165) is 24.5 Å². The number of hydrogen-bond donors (Lipinski definition) is 2. The van der Waals surface area contributed by atoms with E-state index in [1.807, 2.05) is 19.1 Å². The summed E-state index contributed by atoms with van der Waals surface area (Å²) in [5, 5.41) is 3.26. The van der Waals surface area contributed by atoms with Crippen LogP contribution in [0.25, 0.3) is 0 Å². The third-order valence-corrected chi connectivity index (χ3v) is 5.25. The van der Waals surface area contributed by atoms with Crippen molar-refractivity contribution in [1.29, 1.82) is 0 Å². The number of aromatic nitrogens is 1. The Labute approximate surface area is 150 Å². The van der Waals surface area contributed by atoms with Crippen LogP contribution in [0.3, 0.4) is 0 Å². The Balaban J connectivity index is 2.01. The molecule has 0 unspecified atom stereocenters. The summed E-state index contributed by atoms with van der Waals surface area (Å²) in [5.74, 6) is 0.420. The Bertz CT molecular complexity index is 755. The van der Waals surface area contributed by atoms with Gasteiger partial charge in [0.15, 0.2) is 0 Å². The number of hydrogen-bond acceptors (Lipinski definition) is 5. The predicted molar refractivity (Wildman–Crippen MR) is 105 cm³/mol. The minimum absolute atomic E-state index is 0.0908. The Morgan fingerprint density at radius 3 is 2.12 bits per heavy atom. The van der Waals surface area contributed by atoms with Gasteiger partial charge in [0.25, 0.3) is 0 Å². The molecule has 1 aromatic heterocycles. The van der Waals surface area contributed by atoms with E-state index >= 15 is 0 Å². The molecule has 0 radical (unpaired) electrons. The van der Waals surface area contributed by atoms with Gasteiger partial charge in [-0.2, -0.15) is 0 Å². The summed E-state index contributed by atoms with van der Waals surface area (Å²) in [6.45, 7) is 8.05. The summed E-state index contributed by atoms with van der Waals surface area (Å²) in [6.07, 6.45) is 2.18. The summed E-state index contributed by atoms with van der Waals surface area (Å²) in [7, 11) is -3.31. The van der Waals surface area contributed by atoms with E-state index in [1.54, 1.807) is 18.3 Å². The van der Waals surface area contributed by atoms with Crippen LogP contribution in [-0.4, -0.2) is 32.2 Å². The molecule has 2 N–H and O–H groups in total. The quantitative estimate of drug-likeness (QED) is 0.709. The van der Waals surface area contributed by atoms with E-state index in [0.29, 0.717) is 12.2 Å². The van der Waals surface area contributed by atoms with Crippen molar-refractivity contribution < 1.29 is 8.42 Å². The molecule has 0 bridgehead atoms. The second-order valence-corrected chi connectivity index (χ2v) is 7.54. The molecule has 0 amide bonds. The van der Waals surface area contributed by atoms with Crippen molar-refractivity contribution in [2.45, 2.75) is 27.2 Å². The van der Waals surface area contributed by atoms with Gasteiger partial charge in [-0.05, 0) is 56.7 Å². The zero-order valence-corrected chi connectivity index (χ0v) is 15.8. The van der Waals surface area contributed by atoms with Crippen LogP contribution < -0.4 is 14.9 Å². The van der Waals surface area contributed by atoms with Gasteiger partial charge in [-0.15, -0.1) is 0 Å². The van der Waals surface area contributed by atoms with Crippen molar-refractivity contribution in [3.05, 3.63) is 42.6 Å². The second-order valence-electron chi connectivity index (χ2n) is 5.70. The lowest BCUT2D eigenvalue weighted by Gasteiger charge is -2.21. The monoisotopic (exact) mass is 362 g/mol. The first-order valence-electron chi connectivity index (χ1n) is 8.56. The van der Waals surface area contributed by atoms with Crippen LogP contribution in [0.1, 0.15) is 27.2 Å². The smallest absolute Gasteiger partial charge is 0.233 e. The average molecular weight is 362 g/mol. The number of rotatable bonds is 9. The van der Waals surface area contributed by atoms with Gasteiger partial charge in [0.1, 0.15) is 5.82 Å². The molecule has 2 aromatic rings. The standard InChI is InChI=1S/C18H26N4O2S/c1-4-13-25(23,24)21-18-12-9-16(14-19-18)20-15-7-10-17(11-8-15)22(5-2)6-3/h7-12,14,20H,4-6,13H2,1-3H3,(H,19,21). The lowest BCUT2D eigenvalue weighted by Crippen LogP contribution is -2.21. The van der Waals surface area contributed by atoms with Gasteiger partial charge in [0.2, 0.25) is 10.0 Å². The second kappa shape index (κ2) is 8.71. The average Bonchev–Trinajstić information content (AvgIpc) is 2.59. The van der Waals surface area contributed by atoms with Gasteiger partial charge >= 0.3 is 0 Å². The van der Waals surface area contributed by atoms with Crippen LogP contribution in [-0.2, 0) is 10.0 Å². The SMILES string of the molecule is CCCS(=O)(=O)Nc1ccc(Nc2ccc(N(CC)CC)cc2)cn1. The topological polar surface area (TPSA) is 74.3 Å². The highest BCUT2D eigenvalue weighted by atomic mass is 32.2. The maximum atomic E-state index is 11.7. The molecule has 0 saturated heterocycles. The van der Waals surface area contributed by atoms with E-state index in [1.165, 1.54) is 5.69 Å². The molecule has 25 heavy (non-hydrogen) atoms. The minimum Gasteiger partial charge on any atom is -0.372 e. The van der Waals surface area contributed by atoms with Gasteiger partial charge in [0, 0.05) is 24.5 Å². The van der Waals surface area contributed by atoms with Crippen LogP contribution in [0.4, 0.5) is 22.9 Å². The molecule has 6 nitrogen and oxygen atoms in total. The Morgan fingerprint density at radius 2 is 1.60 bits per heavy atom. The number of anilines is 4. The fourth-order valence-corrected chi connectivity index (χ4v) is 3.60. The molecule has 0 saturated carbocycles. The van der Waals surface area contributed by atoms with Gasteiger partial charge in [-0.3, -0.25) is 4.72 Å². The molecular weight excluding hydrogens is 336 g/mol. The van der Waals surface area contributed by atoms with Gasteiger partial charge < -0.3 is 10.2 Å². The van der Waals surface area contributed by atoms with Crippen LogP contribution in [0.5, 0.6) is 0 Å². The zero-order chi connectivity index (χ0) is 18.3. The van der Waals surface area contributed by atoms with Crippen LogP contribution in [0, 0.1) is 0 Å². The molecule has 0 aliphatic carbocycles. The van der Waals surface area contributed by atoms with Crippen LogP contribution in [0.2, 0.25) is 0 Å². The minimum atomic E-state index is -3.31. The highest BCUT2D eigenvalue weighted by Crippen LogP contribution is 2.21. The first kappa shape index (κ1) is 19.1. The van der Waals surface area contributed by atoms with Crippen molar-refractivity contribution in [2.24, 2.45) is 0 Å². The number of benzene rings is 1. The number of nitrogens with zero attached hydrogens (tertiary/aromatic N) is 2. The predicted octanol–water partition coefficient (Wildman–Crippen LogP) is 3.82. The first-order valence-corrected chi connectivity index (χ1v) is 10.2. The van der Waals surface area contributed by atoms with E-state index in [2.05, 4.69) is 45.9 Å². The third kappa shape index (κ3) is 5.63. The largest absolute Gasteiger partial charge is 0.372 e. The molecule has 0 atom stereocenters. The number of nitrogens with one attached hydrogen (secondary N) is 2. The summed E-state index contributed by atoms with van der Waals surface area (Å²) in [4.78, 5) is 6.43. The lowest BCUT2D eigenvalue weighted by atomic mass is 10.2. The maximum Gasteiger partial charge on any atom is 0.233 e. The van der Waals surface area contributed by atoms with Crippen molar-refractivity contribution in [1.82, 2.24) is 4.98 Å². The van der Waals surface area contributed by atoms with Crippen molar-refractivity contribution >= 4 is 32.9 Å². The molecule has 0 spiro atoms. The molecule has 1 heterocycles. The fraction of sp³-hybridized carbons (Fsp3) is 0.389. The molecule has 0 aliphatic heterocycles. The van der Waals surface area contributed by atoms with E-state index in [4.69, 9.17) is 0 Å². The summed E-state index contributed by atoms with van der Waals surface area (Å²) < 4.78 is 26.0. The Hall–Kier alpha value is -2.28. The third-order valence-electron chi connectivity index (χ3n) is 3.78. The number of sulfonamides is 1. The van der Waals surface area contributed by atoms with E-state index in [9.17, 15) is 8.42 Å². The molecule has 7 heteroatoms. The fourth-order valence-electron chi connectivity index (χ4n) is 2.52. The van der Waals surface area contributed by atoms with Gasteiger partial charge in [-0.25, -0.2) is 13.4 Å². The van der Waals surface area contributed by atoms with Gasteiger partial charge in [-0.1, -0.05) is 6.92 Å². The summed E-state index contributed by atoms with van der Waals surface area (Å²) in [5.41, 5.74) is 2.94. The molecule has 1 aromatic carbocycles. The van der Waals surface area contributed by atoms with Gasteiger partial charge in [0.05, 0.1) is 17.6 Å². The normalized spacial score (nSPS) is 11.2. The van der Waals surface area contributed by atoms with Crippen LogP contribution >= 0.6 is 0 Å². The van der Waals surface area contributed by atoms with E-state index in [-0.39, 0.29) is 5.75 Å². The highest BCUT2D eigenvalue weighted by molar-refractivity contribution is 7.92. The maximum absolute atomic E-state index is 11.7. The lowest BCUT2D eigenvalue weighted by molar-refractivity contribution is 0.599. The van der Waals surface area contributed by atoms with Crippen molar-refractivity contribution in [3.8, 4) is 0 Å². The summed E-state index contributed by atoms with van der Waals surface area (Å²) >= 11 is 0. The molecule has 2 rings (SSSR count). The Morgan fingerprint density at radius 1 is 0.960 bits per heavy atom. The van der Waals surface area contributed by atoms with E-state index < -0.39 is 10.0 Å². The number of pyridine rings is 1. The summed E-state index contributed by atoms with van der Waals surface area (Å²) in [6, 6.07) is 11.7. The zero-order valence-electron chi connectivity index (χ0n) is 15.0. The van der Waals surface area contributed by atoms with Crippen LogP contribution in [0.15, 0.2) is 42.6 Å². The highest BCUT2D eigenvalue weighted by Gasteiger charge is 2.09. The molecular formula is C18H26N4O2S. The molecule has 0 fully saturated rings. The van der Waals surface area contributed by atoms with Crippen molar-refractivity contribution in [2.75, 3.05) is 33.8 Å². The Kier molecular flexibility index (Phi) is 6.64. The first-order chi connectivity index (χ1) is 12.0. The molecule has 136 valence electrons. The molecule has 0 aliphatic rings. The van der Waals surface area contributed by atoms with Crippen molar-refractivity contribution in [3.63, 3.8) is 0 Å².